The van der Waals surface area contributed by atoms with Gasteiger partial charge in [0, 0.05) is 17.1 Å². The number of amides is 1. The van der Waals surface area contributed by atoms with Gasteiger partial charge in [0.1, 0.15) is 11.6 Å². The molecule has 1 aromatic heterocycles. The first kappa shape index (κ1) is 14.5. The van der Waals surface area contributed by atoms with Crippen molar-refractivity contribution in [3.63, 3.8) is 0 Å². The molecule has 1 amide bonds. The number of fused-ring (bicyclic) bond motifs is 1. The van der Waals surface area contributed by atoms with Crippen molar-refractivity contribution in [1.29, 1.82) is 0 Å². The summed E-state index contributed by atoms with van der Waals surface area (Å²) in [5.41, 5.74) is 0.0496. The van der Waals surface area contributed by atoms with Crippen LogP contribution in [-0.4, -0.2) is 28.0 Å². The van der Waals surface area contributed by atoms with Crippen molar-refractivity contribution in [1.82, 2.24) is 10.3 Å². The molecule has 6 heteroatoms. The number of carbonyl (C=O) groups excluding carboxylic acids is 1. The third kappa shape index (κ3) is 3.00. The van der Waals surface area contributed by atoms with E-state index < -0.39 is 23.3 Å². The molecule has 108 valence electrons. The highest BCUT2D eigenvalue weighted by Gasteiger charge is 2.21. The summed E-state index contributed by atoms with van der Waals surface area (Å²) >= 11 is 0. The van der Waals surface area contributed by atoms with E-state index in [1.54, 1.807) is 24.3 Å². The molecular weight excluding hydrogens is 272 g/mol. The van der Waals surface area contributed by atoms with Crippen LogP contribution >= 0.6 is 0 Å². The number of aliphatic carboxylic acids is 1. The molecule has 0 radical (unpaired) electrons. The van der Waals surface area contributed by atoms with Crippen molar-refractivity contribution >= 4 is 22.8 Å². The molecule has 0 aliphatic heterocycles. The summed E-state index contributed by atoms with van der Waals surface area (Å²) in [7, 11) is 0. The van der Waals surface area contributed by atoms with E-state index in [9.17, 15) is 14.4 Å². The zero-order valence-corrected chi connectivity index (χ0v) is 11.1. The summed E-state index contributed by atoms with van der Waals surface area (Å²) < 4.78 is 0. The number of hydrogen-bond acceptors (Lipinski definition) is 3. The van der Waals surface area contributed by atoms with Crippen LogP contribution in [0.5, 0.6) is 0 Å². The van der Waals surface area contributed by atoms with Crippen molar-refractivity contribution in [2.45, 2.75) is 12.5 Å². The molecule has 0 bridgehead atoms. The number of aromatic amines is 1. The van der Waals surface area contributed by atoms with Crippen LogP contribution in [-0.2, 0) is 4.79 Å². The third-order valence-corrected chi connectivity index (χ3v) is 3.04. The molecule has 0 aliphatic carbocycles. The van der Waals surface area contributed by atoms with Crippen LogP contribution in [0.1, 0.15) is 16.8 Å². The van der Waals surface area contributed by atoms with Gasteiger partial charge in [-0.2, -0.15) is 0 Å². The van der Waals surface area contributed by atoms with Gasteiger partial charge in [-0.05, 0) is 18.6 Å². The Labute approximate surface area is 120 Å². The maximum Gasteiger partial charge on any atom is 0.326 e. The molecule has 1 aromatic carbocycles. The average Bonchev–Trinajstić information content (AvgIpc) is 2.47. The van der Waals surface area contributed by atoms with Gasteiger partial charge in [-0.15, -0.1) is 6.58 Å². The first-order valence-electron chi connectivity index (χ1n) is 6.29. The SMILES string of the molecule is C=CCC(NC(=O)c1c[nH]c2ccccc2c1=O)C(=O)O. The highest BCUT2D eigenvalue weighted by atomic mass is 16.4. The zero-order valence-electron chi connectivity index (χ0n) is 11.1. The molecule has 21 heavy (non-hydrogen) atoms. The summed E-state index contributed by atoms with van der Waals surface area (Å²) in [6.45, 7) is 3.44. The summed E-state index contributed by atoms with van der Waals surface area (Å²) in [6, 6.07) is 5.67. The monoisotopic (exact) mass is 286 g/mol. The number of rotatable bonds is 5. The number of pyridine rings is 1. The second-order valence-corrected chi connectivity index (χ2v) is 4.47. The third-order valence-electron chi connectivity index (χ3n) is 3.04. The van der Waals surface area contributed by atoms with Gasteiger partial charge < -0.3 is 15.4 Å². The van der Waals surface area contributed by atoms with E-state index >= 15 is 0 Å². The van der Waals surface area contributed by atoms with E-state index in [-0.39, 0.29) is 12.0 Å². The number of benzene rings is 1. The van der Waals surface area contributed by atoms with Gasteiger partial charge >= 0.3 is 5.97 Å². The Bertz CT molecular complexity index is 764. The van der Waals surface area contributed by atoms with Gasteiger partial charge in [-0.1, -0.05) is 18.2 Å². The van der Waals surface area contributed by atoms with Crippen LogP contribution < -0.4 is 10.7 Å². The Hall–Kier alpha value is -2.89. The Balaban J connectivity index is 2.35. The highest BCUT2D eigenvalue weighted by molar-refractivity contribution is 5.98. The van der Waals surface area contributed by atoms with Crippen molar-refractivity contribution in [2.24, 2.45) is 0 Å². The van der Waals surface area contributed by atoms with E-state index in [0.29, 0.717) is 10.9 Å². The molecule has 1 heterocycles. The van der Waals surface area contributed by atoms with Crippen LogP contribution in [0.3, 0.4) is 0 Å². The van der Waals surface area contributed by atoms with Gasteiger partial charge in [-0.25, -0.2) is 4.79 Å². The van der Waals surface area contributed by atoms with Gasteiger partial charge in [0.25, 0.3) is 5.91 Å². The molecule has 0 saturated heterocycles. The van der Waals surface area contributed by atoms with E-state index in [4.69, 9.17) is 5.11 Å². The molecule has 2 aromatic rings. The van der Waals surface area contributed by atoms with Crippen LogP contribution in [0, 0.1) is 0 Å². The molecular formula is C15H14N2O4. The molecule has 2 rings (SSSR count). The Morgan fingerprint density at radius 2 is 2.10 bits per heavy atom. The molecule has 1 atom stereocenters. The van der Waals surface area contributed by atoms with Crippen LogP contribution in [0.15, 0.2) is 47.9 Å². The average molecular weight is 286 g/mol. The quantitative estimate of drug-likeness (QED) is 0.721. The summed E-state index contributed by atoms with van der Waals surface area (Å²) in [5, 5.41) is 11.7. The maximum absolute atomic E-state index is 12.2. The van der Waals surface area contributed by atoms with Gasteiger partial charge in [0.2, 0.25) is 5.43 Å². The summed E-state index contributed by atoms with van der Waals surface area (Å²) in [5.74, 6) is -1.91. The first-order valence-corrected chi connectivity index (χ1v) is 6.29. The van der Waals surface area contributed by atoms with Gasteiger partial charge in [0.05, 0.1) is 0 Å². The Morgan fingerprint density at radius 3 is 2.76 bits per heavy atom. The smallest absolute Gasteiger partial charge is 0.326 e. The largest absolute Gasteiger partial charge is 0.480 e. The van der Waals surface area contributed by atoms with Crippen molar-refractivity contribution in [3.05, 3.63) is 58.9 Å². The van der Waals surface area contributed by atoms with Crippen molar-refractivity contribution < 1.29 is 14.7 Å². The molecule has 0 spiro atoms. The molecule has 1 unspecified atom stereocenters. The van der Waals surface area contributed by atoms with Crippen LogP contribution in [0.4, 0.5) is 0 Å². The fourth-order valence-corrected chi connectivity index (χ4v) is 1.96. The minimum Gasteiger partial charge on any atom is -0.480 e. The molecule has 0 aliphatic rings. The fraction of sp³-hybridized carbons (Fsp3) is 0.133. The molecule has 3 N–H and O–H groups in total. The highest BCUT2D eigenvalue weighted by Crippen LogP contribution is 2.07. The molecule has 6 nitrogen and oxygen atoms in total. The second-order valence-electron chi connectivity index (χ2n) is 4.47. The van der Waals surface area contributed by atoms with Gasteiger partial charge in [0.15, 0.2) is 0 Å². The van der Waals surface area contributed by atoms with E-state index in [1.165, 1.54) is 12.3 Å². The number of para-hydroxylation sites is 1. The lowest BCUT2D eigenvalue weighted by atomic mass is 10.1. The molecule has 0 saturated carbocycles. The normalized spacial score (nSPS) is 11.8. The molecule has 0 fully saturated rings. The lowest BCUT2D eigenvalue weighted by Gasteiger charge is -2.12. The summed E-state index contributed by atoms with van der Waals surface area (Å²) in [4.78, 5) is 38.2. The number of aromatic nitrogens is 1. The number of carboxylic acid groups (broad SMARTS) is 1. The maximum atomic E-state index is 12.2. The number of hydrogen-bond donors (Lipinski definition) is 3. The number of nitrogens with one attached hydrogen (secondary N) is 2. The van der Waals surface area contributed by atoms with E-state index in [1.807, 2.05) is 0 Å². The van der Waals surface area contributed by atoms with Crippen LogP contribution in [0.25, 0.3) is 10.9 Å². The fourth-order valence-electron chi connectivity index (χ4n) is 1.96. The standard InChI is InChI=1S/C15H14N2O4/c1-2-5-12(15(20)21)17-14(19)10-8-16-11-7-4-3-6-9(11)13(10)18/h2-4,6-8,12H,1,5H2,(H,16,18)(H,17,19)(H,20,21). The minimum absolute atomic E-state index is 0.0760. The van der Waals surface area contributed by atoms with E-state index in [0.717, 1.165) is 0 Å². The Kier molecular flexibility index (Phi) is 4.18. The van der Waals surface area contributed by atoms with E-state index in [2.05, 4.69) is 16.9 Å². The number of carboxylic acids is 1. The predicted molar refractivity (Wildman–Crippen MR) is 78.3 cm³/mol. The lowest BCUT2D eigenvalue weighted by Crippen LogP contribution is -2.42. The minimum atomic E-state index is -1.18. The second kappa shape index (κ2) is 6.04. The van der Waals surface area contributed by atoms with Crippen LogP contribution in [0.2, 0.25) is 0 Å². The predicted octanol–water partition coefficient (Wildman–Crippen LogP) is 1.29. The number of H-pyrrole nitrogens is 1. The summed E-state index contributed by atoms with van der Waals surface area (Å²) in [6.07, 6.45) is 2.75. The van der Waals surface area contributed by atoms with Crippen molar-refractivity contribution in [2.75, 3.05) is 0 Å². The topological polar surface area (TPSA) is 99.3 Å². The first-order chi connectivity index (χ1) is 10.0. The zero-order chi connectivity index (χ0) is 15.4. The van der Waals surface area contributed by atoms with Gasteiger partial charge in [-0.3, -0.25) is 9.59 Å². The van der Waals surface area contributed by atoms with Crippen molar-refractivity contribution in [3.8, 4) is 0 Å². The Morgan fingerprint density at radius 1 is 1.38 bits per heavy atom. The lowest BCUT2D eigenvalue weighted by molar-refractivity contribution is -0.139. The number of carbonyl (C=O) groups is 2.